The molecule has 2 aliphatic rings. The van der Waals surface area contributed by atoms with Crippen molar-refractivity contribution in [2.24, 2.45) is 0 Å². The third kappa shape index (κ3) is 3.72. The van der Waals surface area contributed by atoms with Crippen molar-refractivity contribution in [1.82, 2.24) is 0 Å². The van der Waals surface area contributed by atoms with E-state index >= 15 is 0 Å². The number of rotatable bonds is 4. The number of carbonyl (C=O) groups is 3. The molecule has 0 bridgehead atoms. The van der Waals surface area contributed by atoms with E-state index < -0.39 is 23.1 Å². The first-order valence-electron chi connectivity index (χ1n) is 11.0. The first kappa shape index (κ1) is 21.8. The number of amides is 1. The van der Waals surface area contributed by atoms with Gasteiger partial charge in [-0.25, -0.2) is 4.79 Å². The summed E-state index contributed by atoms with van der Waals surface area (Å²) in [7, 11) is 0. The van der Waals surface area contributed by atoms with Crippen LogP contribution in [-0.2, 0) is 15.1 Å². The molecule has 0 atom stereocenters. The molecule has 2 N–H and O–H groups in total. The minimum Gasteiger partial charge on any atom is -0.619 e. The highest BCUT2D eigenvalue weighted by Gasteiger charge is 2.53. The van der Waals surface area contributed by atoms with Crippen LogP contribution in [-0.4, -0.2) is 28.4 Å². The topological polar surface area (TPSA) is 120 Å². The van der Waals surface area contributed by atoms with Crippen molar-refractivity contribution in [3.05, 3.63) is 101 Å². The van der Waals surface area contributed by atoms with Crippen LogP contribution >= 0.6 is 0 Å². The van der Waals surface area contributed by atoms with E-state index in [4.69, 9.17) is 4.74 Å². The summed E-state index contributed by atoms with van der Waals surface area (Å²) >= 11 is 0. The molecule has 8 heteroatoms. The lowest BCUT2D eigenvalue weighted by Gasteiger charge is -2.40. The molecule has 1 amide bonds. The summed E-state index contributed by atoms with van der Waals surface area (Å²) in [5.74, 6) is -1.25. The molecule has 1 aliphatic carbocycles. The second kappa shape index (κ2) is 8.07. The number of fused-ring (bicyclic) bond motifs is 2. The molecule has 2 heterocycles. The normalized spacial score (nSPS) is 23.3. The Balaban J connectivity index is 1.26. The first-order valence-corrected chi connectivity index (χ1v) is 11.0. The van der Waals surface area contributed by atoms with E-state index in [1.807, 2.05) is 6.07 Å². The van der Waals surface area contributed by atoms with Gasteiger partial charge >= 0.3 is 5.97 Å². The fourth-order valence-corrected chi connectivity index (χ4v) is 4.70. The van der Waals surface area contributed by atoms with E-state index in [0.29, 0.717) is 27.1 Å². The smallest absolute Gasteiger partial charge is 0.345 e. The molecule has 0 unspecified atom stereocenters. The largest absolute Gasteiger partial charge is 0.619 e. The number of aliphatic hydroxyl groups is 1. The average molecular weight is 458 g/mol. The number of carbonyl (C=O) groups excluding carboxylic acids is 3. The monoisotopic (exact) mass is 458 g/mol. The number of benzene rings is 2. The quantitative estimate of drug-likeness (QED) is 0.269. The molecular weight excluding hydrogens is 436 g/mol. The summed E-state index contributed by atoms with van der Waals surface area (Å²) in [6.45, 7) is 0. The van der Waals surface area contributed by atoms with Crippen LogP contribution in [0.25, 0.3) is 0 Å². The van der Waals surface area contributed by atoms with E-state index in [9.17, 15) is 24.7 Å². The van der Waals surface area contributed by atoms with Crippen molar-refractivity contribution < 1.29 is 29.0 Å². The van der Waals surface area contributed by atoms with Crippen molar-refractivity contribution in [2.45, 2.75) is 36.9 Å². The third-order valence-corrected chi connectivity index (χ3v) is 6.68. The molecule has 172 valence electrons. The minimum atomic E-state index is -1.63. The Hall–Kier alpha value is -4.04. The van der Waals surface area contributed by atoms with Gasteiger partial charge < -0.3 is 20.4 Å². The Morgan fingerprint density at radius 3 is 2.26 bits per heavy atom. The maximum Gasteiger partial charge on any atom is 0.345 e. The molecule has 1 aliphatic heterocycles. The first-order chi connectivity index (χ1) is 16.3. The molecule has 1 saturated carbocycles. The number of esters is 1. The Morgan fingerprint density at radius 2 is 1.59 bits per heavy atom. The summed E-state index contributed by atoms with van der Waals surface area (Å²) in [5.41, 5.74) is -0.212. The van der Waals surface area contributed by atoms with Crippen LogP contribution < -0.4 is 10.0 Å². The Labute approximate surface area is 195 Å². The van der Waals surface area contributed by atoms with E-state index in [1.165, 1.54) is 12.4 Å². The summed E-state index contributed by atoms with van der Waals surface area (Å²) in [6, 6.07) is 17.0. The van der Waals surface area contributed by atoms with E-state index in [2.05, 4.69) is 5.32 Å². The molecular formula is C26H22N2O6. The SMILES string of the molecule is O=C(c1ccccc1)c1ccc(NC(=O)C2(O)CCC3(CC2)OC(=O)c2c[n+]([O-])ccc23)cc1. The van der Waals surface area contributed by atoms with Crippen LogP contribution in [0.3, 0.4) is 0 Å². The zero-order chi connectivity index (χ0) is 23.9. The molecule has 5 rings (SSSR count). The number of ketones is 1. The highest BCUT2D eigenvalue weighted by molar-refractivity contribution is 6.09. The van der Waals surface area contributed by atoms with Gasteiger partial charge in [-0.05, 0) is 49.9 Å². The zero-order valence-corrected chi connectivity index (χ0v) is 18.2. The zero-order valence-electron chi connectivity index (χ0n) is 18.2. The van der Waals surface area contributed by atoms with Gasteiger partial charge in [0.2, 0.25) is 0 Å². The number of anilines is 1. The van der Waals surface area contributed by atoms with Gasteiger partial charge in [0.15, 0.2) is 18.2 Å². The van der Waals surface area contributed by atoms with Gasteiger partial charge in [0.05, 0.1) is 0 Å². The van der Waals surface area contributed by atoms with Crippen molar-refractivity contribution in [3.8, 4) is 0 Å². The van der Waals surface area contributed by atoms with Gasteiger partial charge in [-0.2, -0.15) is 4.73 Å². The highest BCUT2D eigenvalue weighted by Crippen LogP contribution is 2.49. The molecule has 8 nitrogen and oxygen atoms in total. The van der Waals surface area contributed by atoms with E-state index in [-0.39, 0.29) is 37.0 Å². The van der Waals surface area contributed by atoms with Crippen molar-refractivity contribution in [1.29, 1.82) is 0 Å². The summed E-state index contributed by atoms with van der Waals surface area (Å²) in [4.78, 5) is 37.7. The van der Waals surface area contributed by atoms with E-state index in [0.717, 1.165) is 0 Å². The lowest BCUT2D eigenvalue weighted by atomic mass is 9.72. The van der Waals surface area contributed by atoms with Crippen LogP contribution in [0.4, 0.5) is 5.69 Å². The van der Waals surface area contributed by atoms with Crippen molar-refractivity contribution >= 4 is 23.3 Å². The molecule has 0 saturated heterocycles. The summed E-state index contributed by atoms with van der Waals surface area (Å²) in [6.07, 6.45) is 3.17. The summed E-state index contributed by atoms with van der Waals surface area (Å²) in [5, 5.41) is 25.3. The molecule has 34 heavy (non-hydrogen) atoms. The Bertz CT molecular complexity index is 1280. The number of ether oxygens (including phenoxy) is 1. The molecule has 2 aromatic carbocycles. The molecule has 1 fully saturated rings. The van der Waals surface area contributed by atoms with Gasteiger partial charge in [-0.15, -0.1) is 0 Å². The van der Waals surface area contributed by atoms with Crippen LogP contribution in [0, 0.1) is 5.21 Å². The average Bonchev–Trinajstić information content (AvgIpc) is 3.12. The van der Waals surface area contributed by atoms with Crippen molar-refractivity contribution in [2.75, 3.05) is 5.32 Å². The van der Waals surface area contributed by atoms with Crippen LogP contribution in [0.15, 0.2) is 73.1 Å². The highest BCUT2D eigenvalue weighted by atomic mass is 16.6. The second-order valence-corrected chi connectivity index (χ2v) is 8.77. The molecule has 0 radical (unpaired) electrons. The van der Waals surface area contributed by atoms with Crippen LogP contribution in [0.2, 0.25) is 0 Å². The maximum atomic E-state index is 12.9. The Morgan fingerprint density at radius 1 is 0.941 bits per heavy atom. The number of hydrogen-bond donors (Lipinski definition) is 2. The number of nitrogens with zero attached hydrogens (tertiary/aromatic N) is 1. The molecule has 1 aromatic heterocycles. The lowest BCUT2D eigenvalue weighted by molar-refractivity contribution is -0.605. The fraction of sp³-hybridized carbons (Fsp3) is 0.231. The maximum absolute atomic E-state index is 12.9. The number of pyridine rings is 1. The minimum absolute atomic E-state index is 0.0857. The predicted octanol–water partition coefficient (Wildman–Crippen LogP) is 2.86. The van der Waals surface area contributed by atoms with Crippen LogP contribution in [0.5, 0.6) is 0 Å². The van der Waals surface area contributed by atoms with Gasteiger partial charge in [0.25, 0.3) is 5.91 Å². The lowest BCUT2D eigenvalue weighted by Crippen LogP contribution is -2.49. The van der Waals surface area contributed by atoms with Gasteiger partial charge in [0.1, 0.15) is 16.8 Å². The van der Waals surface area contributed by atoms with E-state index in [1.54, 1.807) is 54.6 Å². The number of hydrogen-bond acceptors (Lipinski definition) is 6. The predicted molar refractivity (Wildman–Crippen MR) is 121 cm³/mol. The Kier molecular flexibility index (Phi) is 5.17. The van der Waals surface area contributed by atoms with Gasteiger partial charge in [-0.1, -0.05) is 30.3 Å². The fourth-order valence-electron chi connectivity index (χ4n) is 4.70. The molecule has 1 spiro atoms. The second-order valence-electron chi connectivity index (χ2n) is 8.77. The summed E-state index contributed by atoms with van der Waals surface area (Å²) < 4.78 is 6.16. The standard InChI is InChI=1S/C26H22N2O6/c29-22(17-4-2-1-3-5-17)18-6-8-19(9-7-18)27-24(31)25(32)11-13-26(14-12-25)21-10-15-28(33)16-20(21)23(30)34-26/h1-10,15-16,32H,11-14H2,(H,27,31). The van der Waals surface area contributed by atoms with Crippen LogP contribution in [0.1, 0.15) is 57.5 Å². The number of aromatic nitrogens is 1. The van der Waals surface area contributed by atoms with Crippen molar-refractivity contribution in [3.63, 3.8) is 0 Å². The number of nitrogens with one attached hydrogen (secondary N) is 1. The van der Waals surface area contributed by atoms with Gasteiger partial charge in [-0.3, -0.25) is 9.59 Å². The van der Waals surface area contributed by atoms with Gasteiger partial charge in [0, 0.05) is 28.4 Å². The molecule has 3 aromatic rings. The third-order valence-electron chi connectivity index (χ3n) is 6.68.